The molecule has 0 N–H and O–H groups in total. The molecule has 10 heavy (non-hydrogen) atoms. The second-order valence-electron chi connectivity index (χ2n) is 1.95. The van der Waals surface area contributed by atoms with Gasteiger partial charge in [0.05, 0.1) is 11.4 Å². The van der Waals surface area contributed by atoms with E-state index < -0.39 is 0 Å². The molecule has 0 bridgehead atoms. The van der Waals surface area contributed by atoms with Gasteiger partial charge in [-0.15, -0.1) is 11.3 Å². The van der Waals surface area contributed by atoms with E-state index in [2.05, 4.69) is 5.48 Å². The molecule has 0 fully saturated rings. The molecule has 2 rings (SSSR count). The van der Waals surface area contributed by atoms with Gasteiger partial charge in [-0.05, 0) is 23.0 Å². The third-order valence-corrected chi connectivity index (χ3v) is 2.16. The van der Waals surface area contributed by atoms with E-state index in [1.54, 1.807) is 11.3 Å². The monoisotopic (exact) mass is 152 g/mol. The lowest BCUT2D eigenvalue weighted by molar-refractivity contribution is 0.181. The number of thiophene rings is 1. The van der Waals surface area contributed by atoms with E-state index in [1.165, 1.54) is 0 Å². The fourth-order valence-corrected chi connectivity index (χ4v) is 1.53. The molecule has 1 aromatic heterocycles. The number of nitrogens with zero attached hydrogens (tertiary/aromatic N) is 1. The van der Waals surface area contributed by atoms with Crippen LogP contribution in [0.1, 0.15) is 4.88 Å². The van der Waals surface area contributed by atoms with E-state index in [1.807, 2.05) is 23.6 Å². The molecule has 0 atom stereocenters. The maximum atomic E-state index is 4.99. The zero-order chi connectivity index (χ0) is 6.81. The molecule has 2 nitrogen and oxygen atoms in total. The first-order valence-corrected chi connectivity index (χ1v) is 3.92. The van der Waals surface area contributed by atoms with Gasteiger partial charge >= 0.3 is 0 Å². The molecule has 0 aliphatic carbocycles. The molecule has 51 valence electrons. The largest absolute Gasteiger partial charge is 0.387 e. The molecule has 1 radical (unpaired) electrons. The van der Waals surface area contributed by atoms with Gasteiger partial charge < -0.3 is 4.84 Å². The first-order chi connectivity index (χ1) is 4.97. The summed E-state index contributed by atoms with van der Waals surface area (Å²) in [5, 5.41) is 2.03. The Bertz CT molecular complexity index is 240. The van der Waals surface area contributed by atoms with Crippen molar-refractivity contribution in [3.8, 4) is 0 Å². The summed E-state index contributed by atoms with van der Waals surface area (Å²) in [4.78, 5) is 6.15. The van der Waals surface area contributed by atoms with Crippen molar-refractivity contribution in [1.29, 1.82) is 0 Å². The van der Waals surface area contributed by atoms with Gasteiger partial charge in [-0.1, -0.05) is 6.07 Å². The van der Waals surface area contributed by atoms with Crippen molar-refractivity contribution >= 4 is 17.1 Å². The van der Waals surface area contributed by atoms with Crippen LogP contribution in [0.25, 0.3) is 5.76 Å². The molecule has 0 unspecified atom stereocenters. The van der Waals surface area contributed by atoms with Crippen molar-refractivity contribution in [2.75, 3.05) is 6.54 Å². The number of hydrogen-bond donors (Lipinski definition) is 0. The van der Waals surface area contributed by atoms with Gasteiger partial charge in [0.25, 0.3) is 0 Å². The van der Waals surface area contributed by atoms with Crippen LogP contribution in [0.2, 0.25) is 0 Å². The highest BCUT2D eigenvalue weighted by Gasteiger charge is 2.09. The Morgan fingerprint density at radius 1 is 1.60 bits per heavy atom. The van der Waals surface area contributed by atoms with Gasteiger partial charge in [-0.25, -0.2) is 0 Å². The van der Waals surface area contributed by atoms with Crippen LogP contribution < -0.4 is 5.48 Å². The minimum atomic E-state index is 0.688. The Balaban J connectivity index is 2.28. The highest BCUT2D eigenvalue weighted by Crippen LogP contribution is 2.22. The van der Waals surface area contributed by atoms with Crippen LogP contribution in [0.4, 0.5) is 0 Å². The fourth-order valence-electron chi connectivity index (χ4n) is 0.829. The Kier molecular flexibility index (Phi) is 1.45. The quantitative estimate of drug-likeness (QED) is 0.600. The Morgan fingerprint density at radius 3 is 3.20 bits per heavy atom. The zero-order valence-electron chi connectivity index (χ0n) is 5.28. The Labute approximate surface area is 63.1 Å². The van der Waals surface area contributed by atoms with Gasteiger partial charge in [0.2, 0.25) is 0 Å². The predicted octanol–water partition coefficient (Wildman–Crippen LogP) is 1.64. The van der Waals surface area contributed by atoms with Gasteiger partial charge in [0, 0.05) is 0 Å². The number of rotatable bonds is 1. The summed E-state index contributed by atoms with van der Waals surface area (Å²) >= 11 is 1.67. The minimum Gasteiger partial charge on any atom is -0.387 e. The molecular weight excluding hydrogens is 146 g/mol. The molecule has 3 heteroatoms. The third-order valence-electron chi connectivity index (χ3n) is 1.28. The van der Waals surface area contributed by atoms with E-state index in [0.29, 0.717) is 6.54 Å². The maximum Gasteiger partial charge on any atom is 0.164 e. The lowest BCUT2D eigenvalue weighted by atomic mass is 10.4. The van der Waals surface area contributed by atoms with Crippen molar-refractivity contribution in [2.45, 2.75) is 0 Å². The molecular formula is C7H6NOS. The minimum absolute atomic E-state index is 0.688. The predicted molar refractivity (Wildman–Crippen MR) is 40.4 cm³/mol. The second-order valence-corrected chi connectivity index (χ2v) is 2.90. The highest BCUT2D eigenvalue weighted by molar-refractivity contribution is 7.11. The molecule has 0 saturated heterocycles. The summed E-state index contributed by atoms with van der Waals surface area (Å²) < 4.78 is 0. The maximum absolute atomic E-state index is 4.99. The van der Waals surface area contributed by atoms with E-state index >= 15 is 0 Å². The first kappa shape index (κ1) is 5.95. The Hall–Kier alpha value is -0.800. The van der Waals surface area contributed by atoms with Crippen LogP contribution >= 0.6 is 11.3 Å². The highest BCUT2D eigenvalue weighted by atomic mass is 32.1. The molecule has 1 aliphatic rings. The molecule has 2 heterocycles. The van der Waals surface area contributed by atoms with Crippen LogP contribution in [-0.4, -0.2) is 6.54 Å². The summed E-state index contributed by atoms with van der Waals surface area (Å²) in [6.45, 7) is 0.688. The standard InChI is InChI=1S/C7H6NOS/c1-2-7(10-5-1)6-3-4-8-9-6/h1-3,5H,4H2. The summed E-state index contributed by atoms with van der Waals surface area (Å²) in [5.74, 6) is 0.898. The lowest BCUT2D eigenvalue weighted by Crippen LogP contribution is -1.93. The summed E-state index contributed by atoms with van der Waals surface area (Å²) in [6.07, 6.45) is 1.98. The molecule has 1 aromatic rings. The van der Waals surface area contributed by atoms with Crippen LogP contribution in [0, 0.1) is 0 Å². The Morgan fingerprint density at radius 2 is 2.60 bits per heavy atom. The molecule has 0 saturated carbocycles. The first-order valence-electron chi connectivity index (χ1n) is 3.05. The average Bonchev–Trinajstić information content (AvgIpc) is 2.59. The molecule has 0 spiro atoms. The van der Waals surface area contributed by atoms with Gasteiger partial charge in [-0.3, -0.25) is 0 Å². The van der Waals surface area contributed by atoms with Crippen LogP contribution in [-0.2, 0) is 4.84 Å². The van der Waals surface area contributed by atoms with Crippen LogP contribution in [0.3, 0.4) is 0 Å². The number of hydrogen-bond acceptors (Lipinski definition) is 2. The zero-order valence-corrected chi connectivity index (χ0v) is 6.10. The summed E-state index contributed by atoms with van der Waals surface area (Å²) in [7, 11) is 0. The van der Waals surface area contributed by atoms with Crippen molar-refractivity contribution < 1.29 is 4.84 Å². The molecule has 0 amide bonds. The third kappa shape index (κ3) is 0.936. The molecule has 1 aliphatic heterocycles. The van der Waals surface area contributed by atoms with Crippen LogP contribution in [0.15, 0.2) is 23.6 Å². The average molecular weight is 152 g/mol. The van der Waals surface area contributed by atoms with E-state index in [4.69, 9.17) is 4.84 Å². The van der Waals surface area contributed by atoms with Crippen molar-refractivity contribution in [3.63, 3.8) is 0 Å². The second kappa shape index (κ2) is 2.44. The summed E-state index contributed by atoms with van der Waals surface area (Å²) in [6, 6.07) is 4.03. The van der Waals surface area contributed by atoms with Crippen molar-refractivity contribution in [3.05, 3.63) is 28.5 Å². The fraction of sp³-hybridized carbons (Fsp3) is 0.143. The molecule has 0 aromatic carbocycles. The normalized spacial score (nSPS) is 16.6. The van der Waals surface area contributed by atoms with Gasteiger partial charge in [-0.2, -0.15) is 0 Å². The lowest BCUT2D eigenvalue weighted by Gasteiger charge is -1.94. The smallest absolute Gasteiger partial charge is 0.164 e. The topological polar surface area (TPSA) is 23.3 Å². The van der Waals surface area contributed by atoms with Crippen molar-refractivity contribution in [2.24, 2.45) is 0 Å². The summed E-state index contributed by atoms with van der Waals surface area (Å²) in [5.41, 5.74) is 3.73. The van der Waals surface area contributed by atoms with Crippen LogP contribution in [0.5, 0.6) is 0 Å². The van der Waals surface area contributed by atoms with E-state index in [9.17, 15) is 0 Å². The number of hydroxylamine groups is 1. The van der Waals surface area contributed by atoms with E-state index in [0.717, 1.165) is 10.6 Å². The van der Waals surface area contributed by atoms with Crippen molar-refractivity contribution in [1.82, 2.24) is 5.48 Å². The van der Waals surface area contributed by atoms with Gasteiger partial charge in [0.15, 0.2) is 5.76 Å². The van der Waals surface area contributed by atoms with Gasteiger partial charge in [0.1, 0.15) is 0 Å². The SMILES string of the molecule is C1=C(c2cccs2)O[N]C1. The van der Waals surface area contributed by atoms with E-state index in [-0.39, 0.29) is 0 Å².